The lowest BCUT2D eigenvalue weighted by Crippen LogP contribution is -2.17. The molecule has 122 valence electrons. The molecule has 3 aromatic rings. The minimum atomic E-state index is -0.242. The number of rotatable bonds is 4. The molecule has 0 aliphatic heterocycles. The molecule has 0 spiro atoms. The Morgan fingerprint density at radius 1 is 1.21 bits per heavy atom. The van der Waals surface area contributed by atoms with E-state index in [1.165, 1.54) is 6.42 Å². The summed E-state index contributed by atoms with van der Waals surface area (Å²) in [6, 6.07) is 5.86. The van der Waals surface area contributed by atoms with Gasteiger partial charge in [-0.3, -0.25) is 14.2 Å². The van der Waals surface area contributed by atoms with E-state index in [1.54, 1.807) is 23.1 Å². The van der Waals surface area contributed by atoms with E-state index in [0.717, 1.165) is 24.1 Å². The number of aromatic nitrogens is 5. The number of pyridine rings is 1. The molecule has 7 nitrogen and oxygen atoms in total. The molecule has 0 unspecified atom stereocenters. The summed E-state index contributed by atoms with van der Waals surface area (Å²) in [5.74, 6) is -0.242. The second-order valence-corrected chi connectivity index (χ2v) is 6.06. The Bertz CT molecular complexity index is 877. The van der Waals surface area contributed by atoms with E-state index in [4.69, 9.17) is 0 Å². The molecule has 0 bridgehead atoms. The van der Waals surface area contributed by atoms with E-state index in [0.29, 0.717) is 17.4 Å². The molecular weight excluding hydrogens is 304 g/mol. The van der Waals surface area contributed by atoms with Crippen molar-refractivity contribution < 1.29 is 4.79 Å². The van der Waals surface area contributed by atoms with Crippen molar-refractivity contribution in [2.24, 2.45) is 7.05 Å². The van der Waals surface area contributed by atoms with Crippen molar-refractivity contribution in [1.29, 1.82) is 0 Å². The first kappa shape index (κ1) is 14.6. The van der Waals surface area contributed by atoms with Crippen LogP contribution in [0.3, 0.4) is 0 Å². The number of hydrogen-bond acceptors (Lipinski definition) is 4. The van der Waals surface area contributed by atoms with E-state index in [2.05, 4.69) is 20.5 Å². The molecule has 4 rings (SSSR count). The maximum absolute atomic E-state index is 12.4. The normalized spacial score (nSPS) is 14.4. The van der Waals surface area contributed by atoms with Crippen LogP contribution in [-0.2, 0) is 7.05 Å². The number of aryl methyl sites for hydroxylation is 1. The van der Waals surface area contributed by atoms with Crippen LogP contribution in [0.15, 0.2) is 43.0 Å². The van der Waals surface area contributed by atoms with Crippen LogP contribution < -0.4 is 5.32 Å². The Hall–Kier alpha value is -2.96. The standard InChI is InChI=1S/C17H18N6O/c1-22-10-12(8-18-22)15-6-3-7-16(21-15)17(24)20-13-9-19-23(11-13)14-4-2-5-14/h3,6-11,14H,2,4-5H2,1H3,(H,20,24). The monoisotopic (exact) mass is 322 g/mol. The van der Waals surface area contributed by atoms with Gasteiger partial charge in [0.1, 0.15) is 5.69 Å². The highest BCUT2D eigenvalue weighted by molar-refractivity contribution is 6.03. The van der Waals surface area contributed by atoms with E-state index < -0.39 is 0 Å². The first-order valence-electron chi connectivity index (χ1n) is 8.00. The van der Waals surface area contributed by atoms with Crippen molar-refractivity contribution in [3.05, 3.63) is 48.7 Å². The number of nitrogens with one attached hydrogen (secondary N) is 1. The third-order valence-corrected chi connectivity index (χ3v) is 4.29. The van der Waals surface area contributed by atoms with E-state index >= 15 is 0 Å². The average Bonchev–Trinajstić information content (AvgIpc) is 3.15. The van der Waals surface area contributed by atoms with Gasteiger partial charge in [0.25, 0.3) is 5.91 Å². The number of hydrogen-bond donors (Lipinski definition) is 1. The molecule has 3 aromatic heterocycles. The average molecular weight is 322 g/mol. The molecular formula is C17H18N6O. The van der Waals surface area contributed by atoms with Crippen molar-refractivity contribution in [2.45, 2.75) is 25.3 Å². The summed E-state index contributed by atoms with van der Waals surface area (Å²) >= 11 is 0. The zero-order valence-corrected chi connectivity index (χ0v) is 13.4. The molecule has 0 aromatic carbocycles. The summed E-state index contributed by atoms with van der Waals surface area (Å²) in [6.07, 6.45) is 10.7. The summed E-state index contributed by atoms with van der Waals surface area (Å²) < 4.78 is 3.64. The molecule has 1 saturated carbocycles. The first-order chi connectivity index (χ1) is 11.7. The van der Waals surface area contributed by atoms with Crippen molar-refractivity contribution in [1.82, 2.24) is 24.5 Å². The van der Waals surface area contributed by atoms with Crippen molar-refractivity contribution in [3.63, 3.8) is 0 Å². The van der Waals surface area contributed by atoms with Crippen LogP contribution in [0.1, 0.15) is 35.8 Å². The van der Waals surface area contributed by atoms with Crippen LogP contribution >= 0.6 is 0 Å². The third kappa shape index (κ3) is 2.80. The van der Waals surface area contributed by atoms with Gasteiger partial charge in [-0.1, -0.05) is 6.07 Å². The minimum Gasteiger partial charge on any atom is -0.318 e. The Labute approximate surface area is 139 Å². The Morgan fingerprint density at radius 2 is 2.08 bits per heavy atom. The zero-order valence-electron chi connectivity index (χ0n) is 13.4. The largest absolute Gasteiger partial charge is 0.318 e. The molecule has 24 heavy (non-hydrogen) atoms. The molecule has 0 radical (unpaired) electrons. The smallest absolute Gasteiger partial charge is 0.274 e. The molecule has 7 heteroatoms. The molecule has 1 N–H and O–H groups in total. The van der Waals surface area contributed by atoms with Crippen LogP contribution in [0.25, 0.3) is 11.3 Å². The summed E-state index contributed by atoms with van der Waals surface area (Å²) in [4.78, 5) is 16.9. The number of carbonyl (C=O) groups excluding carboxylic acids is 1. The summed E-state index contributed by atoms with van der Waals surface area (Å²) in [6.45, 7) is 0. The van der Waals surface area contributed by atoms with Crippen LogP contribution in [0.5, 0.6) is 0 Å². The number of nitrogens with zero attached hydrogens (tertiary/aromatic N) is 5. The maximum Gasteiger partial charge on any atom is 0.274 e. The molecule has 0 atom stereocenters. The van der Waals surface area contributed by atoms with Gasteiger partial charge in [0.05, 0.1) is 29.8 Å². The van der Waals surface area contributed by atoms with Gasteiger partial charge in [0.2, 0.25) is 0 Å². The lowest BCUT2D eigenvalue weighted by atomic mass is 9.93. The van der Waals surface area contributed by atoms with Gasteiger partial charge in [-0.2, -0.15) is 10.2 Å². The number of carbonyl (C=O) groups is 1. The van der Waals surface area contributed by atoms with Gasteiger partial charge in [0.15, 0.2) is 0 Å². The topological polar surface area (TPSA) is 77.6 Å². The van der Waals surface area contributed by atoms with E-state index in [-0.39, 0.29) is 5.91 Å². The van der Waals surface area contributed by atoms with Crippen molar-refractivity contribution in [2.75, 3.05) is 5.32 Å². The highest BCUT2D eigenvalue weighted by Gasteiger charge is 2.20. The second kappa shape index (κ2) is 5.92. The van der Waals surface area contributed by atoms with Crippen LogP contribution in [0, 0.1) is 0 Å². The molecule has 0 saturated heterocycles. The molecule has 1 fully saturated rings. The second-order valence-electron chi connectivity index (χ2n) is 6.06. The van der Waals surface area contributed by atoms with Gasteiger partial charge in [-0.05, 0) is 31.4 Å². The zero-order chi connectivity index (χ0) is 16.5. The van der Waals surface area contributed by atoms with Crippen molar-refractivity contribution >= 4 is 11.6 Å². The minimum absolute atomic E-state index is 0.242. The molecule has 1 aliphatic rings. The molecule has 1 aliphatic carbocycles. The van der Waals surface area contributed by atoms with Gasteiger partial charge >= 0.3 is 0 Å². The van der Waals surface area contributed by atoms with Gasteiger partial charge in [-0.15, -0.1) is 0 Å². The fraction of sp³-hybridized carbons (Fsp3) is 0.294. The maximum atomic E-state index is 12.4. The lowest BCUT2D eigenvalue weighted by Gasteiger charge is -2.25. The fourth-order valence-corrected chi connectivity index (χ4v) is 2.72. The molecule has 3 heterocycles. The summed E-state index contributed by atoms with van der Waals surface area (Å²) in [5.41, 5.74) is 2.67. The highest BCUT2D eigenvalue weighted by Crippen LogP contribution is 2.31. The number of anilines is 1. The summed E-state index contributed by atoms with van der Waals surface area (Å²) in [7, 11) is 1.85. The number of amides is 1. The predicted octanol–water partition coefficient (Wildman–Crippen LogP) is 2.66. The predicted molar refractivity (Wildman–Crippen MR) is 89.5 cm³/mol. The summed E-state index contributed by atoms with van der Waals surface area (Å²) in [5, 5.41) is 11.3. The molecule has 1 amide bonds. The van der Waals surface area contributed by atoms with Crippen LogP contribution in [0.4, 0.5) is 5.69 Å². The Kier molecular flexibility index (Phi) is 3.60. The highest BCUT2D eigenvalue weighted by atomic mass is 16.1. The van der Waals surface area contributed by atoms with Crippen molar-refractivity contribution in [3.8, 4) is 11.3 Å². The van der Waals surface area contributed by atoms with Gasteiger partial charge < -0.3 is 5.32 Å². The SMILES string of the molecule is Cn1cc(-c2cccc(C(=O)Nc3cnn(C4CCC4)c3)n2)cn1. The fourth-order valence-electron chi connectivity index (χ4n) is 2.72. The van der Waals surface area contributed by atoms with Crippen LogP contribution in [-0.4, -0.2) is 30.5 Å². The van der Waals surface area contributed by atoms with Crippen LogP contribution in [0.2, 0.25) is 0 Å². The third-order valence-electron chi connectivity index (χ3n) is 4.29. The van der Waals surface area contributed by atoms with E-state index in [9.17, 15) is 4.79 Å². The Morgan fingerprint density at radius 3 is 2.79 bits per heavy atom. The Balaban J connectivity index is 1.50. The van der Waals surface area contributed by atoms with Gasteiger partial charge in [0, 0.05) is 25.0 Å². The van der Waals surface area contributed by atoms with E-state index in [1.807, 2.05) is 36.3 Å². The quantitative estimate of drug-likeness (QED) is 0.801. The van der Waals surface area contributed by atoms with Gasteiger partial charge in [-0.25, -0.2) is 4.98 Å². The first-order valence-corrected chi connectivity index (χ1v) is 8.00. The lowest BCUT2D eigenvalue weighted by molar-refractivity contribution is 0.102.